The second kappa shape index (κ2) is 5.85. The van der Waals surface area contributed by atoms with Crippen molar-refractivity contribution in [3.8, 4) is 0 Å². The smallest absolute Gasteiger partial charge is 0.347 e. The van der Waals surface area contributed by atoms with Gasteiger partial charge in [0.2, 0.25) is 0 Å². The Bertz CT molecular complexity index is 825. The Morgan fingerprint density at radius 3 is 2.38 bits per heavy atom. The zero-order chi connectivity index (χ0) is 18.4. The van der Waals surface area contributed by atoms with Crippen molar-refractivity contribution in [2.75, 3.05) is 13.2 Å². The van der Waals surface area contributed by atoms with Gasteiger partial charge in [0.15, 0.2) is 11.6 Å². The van der Waals surface area contributed by atoms with Crippen LogP contribution in [0.2, 0.25) is 0 Å². The van der Waals surface area contributed by atoms with Crippen molar-refractivity contribution in [1.82, 2.24) is 9.97 Å². The number of pyridine rings is 2. The van der Waals surface area contributed by atoms with Gasteiger partial charge in [0.05, 0.1) is 29.9 Å². The van der Waals surface area contributed by atoms with Crippen molar-refractivity contribution in [3.63, 3.8) is 0 Å². The lowest BCUT2D eigenvalue weighted by molar-refractivity contribution is -0.230. The van der Waals surface area contributed by atoms with Gasteiger partial charge in [0.25, 0.3) is 0 Å². The molecule has 26 heavy (non-hydrogen) atoms. The predicted octanol–water partition coefficient (Wildman–Crippen LogP) is 3.15. The molecule has 0 bridgehead atoms. The number of rotatable bonds is 3. The highest BCUT2D eigenvalue weighted by molar-refractivity contribution is 6.03. The third-order valence-corrected chi connectivity index (χ3v) is 4.87. The maximum atomic E-state index is 13.2. The van der Waals surface area contributed by atoms with E-state index in [1.807, 2.05) is 0 Å². The van der Waals surface area contributed by atoms with Crippen LogP contribution in [0.15, 0.2) is 42.7 Å². The van der Waals surface area contributed by atoms with Crippen molar-refractivity contribution < 1.29 is 27.4 Å². The highest BCUT2D eigenvalue weighted by atomic mass is 19.4. The summed E-state index contributed by atoms with van der Waals surface area (Å²) in [5.41, 5.74) is -1.85. The van der Waals surface area contributed by atoms with Crippen LogP contribution in [-0.2, 0) is 21.1 Å². The van der Waals surface area contributed by atoms with Gasteiger partial charge in [-0.25, -0.2) is 0 Å². The minimum atomic E-state index is -4.52. The number of halogens is 3. The molecule has 3 heterocycles. The summed E-state index contributed by atoms with van der Waals surface area (Å²) in [6, 6.07) is 6.68. The van der Waals surface area contributed by atoms with Crippen LogP contribution in [-0.4, -0.2) is 34.8 Å². The van der Waals surface area contributed by atoms with Crippen LogP contribution in [0.3, 0.4) is 0 Å². The molecule has 0 radical (unpaired) electrons. The summed E-state index contributed by atoms with van der Waals surface area (Å²) in [6.45, 7) is 0.785. The predicted molar refractivity (Wildman–Crippen MR) is 83.4 cm³/mol. The van der Waals surface area contributed by atoms with Gasteiger partial charge >= 0.3 is 6.18 Å². The van der Waals surface area contributed by atoms with E-state index in [4.69, 9.17) is 9.47 Å². The summed E-state index contributed by atoms with van der Waals surface area (Å²) in [5, 5.41) is 0. The summed E-state index contributed by atoms with van der Waals surface area (Å²) in [4.78, 5) is 21.3. The molecule has 5 nitrogen and oxygen atoms in total. The maximum absolute atomic E-state index is 13.2. The Morgan fingerprint density at radius 1 is 1.04 bits per heavy atom. The number of carbonyl (C=O) groups is 1. The quantitative estimate of drug-likeness (QED) is 0.783. The molecule has 0 aromatic carbocycles. The van der Waals surface area contributed by atoms with E-state index in [0.29, 0.717) is 13.2 Å². The normalized spacial score (nSPS) is 20.7. The van der Waals surface area contributed by atoms with Crippen LogP contribution in [0.25, 0.3) is 0 Å². The summed E-state index contributed by atoms with van der Waals surface area (Å²) in [6.07, 6.45) is -1.74. The van der Waals surface area contributed by atoms with E-state index >= 15 is 0 Å². The maximum Gasteiger partial charge on any atom is 0.416 e. The van der Waals surface area contributed by atoms with Crippen LogP contribution in [0, 0.1) is 0 Å². The van der Waals surface area contributed by atoms with Gasteiger partial charge in [-0.1, -0.05) is 6.07 Å². The number of aromatic nitrogens is 2. The molecule has 1 saturated heterocycles. The average molecular weight is 364 g/mol. The van der Waals surface area contributed by atoms with Gasteiger partial charge in [-0.15, -0.1) is 0 Å². The van der Waals surface area contributed by atoms with Crippen molar-refractivity contribution in [2.45, 2.75) is 30.2 Å². The van der Waals surface area contributed by atoms with E-state index < -0.39 is 22.9 Å². The molecule has 8 heteroatoms. The van der Waals surface area contributed by atoms with Crippen molar-refractivity contribution >= 4 is 5.78 Å². The van der Waals surface area contributed by atoms with E-state index in [-0.39, 0.29) is 30.0 Å². The molecule has 1 spiro atoms. The molecule has 136 valence electrons. The number of ketones is 1. The molecule has 1 aliphatic carbocycles. The number of Topliss-reactive ketones (excluding diaryl/α,β-unsaturated/α-hetero) is 1. The number of nitrogens with zero attached hydrogens (tertiary/aromatic N) is 2. The minimum Gasteiger partial charge on any atom is -0.347 e. The lowest BCUT2D eigenvalue weighted by atomic mass is 9.59. The number of ether oxygens (including phenoxy) is 2. The number of carbonyl (C=O) groups excluding carboxylic acids is 1. The molecule has 0 amide bonds. The van der Waals surface area contributed by atoms with Crippen molar-refractivity contribution in [1.29, 1.82) is 0 Å². The molecule has 2 fully saturated rings. The van der Waals surface area contributed by atoms with E-state index in [1.165, 1.54) is 6.20 Å². The molecule has 2 aromatic rings. The van der Waals surface area contributed by atoms with Gasteiger partial charge in [-0.2, -0.15) is 13.2 Å². The summed E-state index contributed by atoms with van der Waals surface area (Å²) < 4.78 is 50.5. The second-order valence-electron chi connectivity index (χ2n) is 6.51. The van der Waals surface area contributed by atoms with E-state index in [2.05, 4.69) is 9.97 Å². The van der Waals surface area contributed by atoms with Crippen LogP contribution in [0.5, 0.6) is 0 Å². The molecule has 4 rings (SSSR count). The Labute approximate surface area is 147 Å². The highest BCUT2D eigenvalue weighted by Gasteiger charge is 2.64. The first-order chi connectivity index (χ1) is 12.3. The number of alkyl halides is 3. The van der Waals surface area contributed by atoms with Gasteiger partial charge in [-0.05, 0) is 24.3 Å². The van der Waals surface area contributed by atoms with Gasteiger partial charge in [0.1, 0.15) is 5.69 Å². The second-order valence-corrected chi connectivity index (χ2v) is 6.51. The molecule has 0 atom stereocenters. The first-order valence-corrected chi connectivity index (χ1v) is 8.12. The fourth-order valence-electron chi connectivity index (χ4n) is 3.64. The van der Waals surface area contributed by atoms with Gasteiger partial charge in [-0.3, -0.25) is 14.8 Å². The first-order valence-electron chi connectivity index (χ1n) is 8.12. The Kier molecular flexibility index (Phi) is 3.85. The fourth-order valence-corrected chi connectivity index (χ4v) is 3.64. The van der Waals surface area contributed by atoms with Gasteiger partial charge < -0.3 is 9.47 Å². The summed E-state index contributed by atoms with van der Waals surface area (Å²) in [5.74, 6) is -1.31. The average Bonchev–Trinajstić information content (AvgIpc) is 3.09. The van der Waals surface area contributed by atoms with Crippen molar-refractivity contribution in [3.05, 3.63) is 59.7 Å². The Hall–Kier alpha value is -2.32. The number of hydrogen-bond acceptors (Lipinski definition) is 5. The molecule has 2 aliphatic rings. The molecular weight excluding hydrogens is 349 g/mol. The molecule has 0 N–H and O–H groups in total. The third-order valence-electron chi connectivity index (χ3n) is 4.87. The molecule has 0 unspecified atom stereocenters. The Morgan fingerprint density at radius 2 is 1.77 bits per heavy atom. The van der Waals surface area contributed by atoms with Crippen LogP contribution < -0.4 is 0 Å². The Balaban J connectivity index is 1.77. The fraction of sp³-hybridized carbons (Fsp3) is 0.389. The largest absolute Gasteiger partial charge is 0.416 e. The third kappa shape index (κ3) is 2.69. The standard InChI is InChI=1S/C18H15F3N2O3/c19-18(20,21)12-4-6-23-14(9-12)16(10-17(11-16)25-7-8-26-17)15(24)13-3-1-2-5-22-13/h1-6,9H,7-8,10-11H2. The number of hydrogen-bond donors (Lipinski definition) is 0. The monoisotopic (exact) mass is 364 g/mol. The van der Waals surface area contributed by atoms with E-state index in [9.17, 15) is 18.0 Å². The van der Waals surface area contributed by atoms with Gasteiger partial charge in [0, 0.05) is 25.2 Å². The lowest BCUT2D eigenvalue weighted by Crippen LogP contribution is -2.59. The van der Waals surface area contributed by atoms with Crippen LogP contribution in [0.4, 0.5) is 13.2 Å². The molecule has 2 aromatic heterocycles. The molecular formula is C18H15F3N2O3. The highest BCUT2D eigenvalue weighted by Crippen LogP contribution is 2.55. The van der Waals surface area contributed by atoms with Crippen LogP contribution in [0.1, 0.15) is 34.6 Å². The first kappa shape index (κ1) is 17.1. The zero-order valence-electron chi connectivity index (χ0n) is 13.6. The molecule has 1 saturated carbocycles. The topological polar surface area (TPSA) is 61.3 Å². The lowest BCUT2D eigenvalue weighted by Gasteiger charge is -2.50. The summed E-state index contributed by atoms with van der Waals surface area (Å²) in [7, 11) is 0. The van der Waals surface area contributed by atoms with E-state index in [0.717, 1.165) is 18.3 Å². The zero-order valence-corrected chi connectivity index (χ0v) is 13.6. The SMILES string of the molecule is O=C(c1ccccn1)C1(c2cc(C(F)(F)F)ccn2)CC2(C1)OCCO2. The van der Waals surface area contributed by atoms with Crippen LogP contribution >= 0.6 is 0 Å². The van der Waals surface area contributed by atoms with Crippen molar-refractivity contribution in [2.24, 2.45) is 0 Å². The van der Waals surface area contributed by atoms with E-state index in [1.54, 1.807) is 18.2 Å². The summed E-state index contributed by atoms with van der Waals surface area (Å²) >= 11 is 0. The minimum absolute atomic E-state index is 0.0627. The molecule has 1 aliphatic heterocycles.